The normalized spacial score (nSPS) is 11.2. The maximum absolute atomic E-state index is 13.1. The van der Waals surface area contributed by atoms with Crippen molar-refractivity contribution in [3.8, 4) is 11.8 Å². The topological polar surface area (TPSA) is 26.3 Å². The average molecular weight is 241 g/mol. The molecule has 4 heteroatoms. The molecule has 0 amide bonds. The molecular formula is C12H10ClFO2. The van der Waals surface area contributed by atoms with Crippen LogP contribution in [0.1, 0.15) is 12.5 Å². The lowest BCUT2D eigenvalue weighted by molar-refractivity contribution is -0.142. The van der Waals surface area contributed by atoms with Gasteiger partial charge in [-0.3, -0.25) is 4.79 Å². The first-order valence-electron chi connectivity index (χ1n) is 4.65. The van der Waals surface area contributed by atoms with Crippen LogP contribution in [0.4, 0.5) is 4.39 Å². The first kappa shape index (κ1) is 12.5. The molecule has 0 spiro atoms. The summed E-state index contributed by atoms with van der Waals surface area (Å²) in [6.45, 7) is 1.60. The third-order valence-electron chi connectivity index (χ3n) is 1.70. The van der Waals surface area contributed by atoms with E-state index in [1.54, 1.807) is 25.1 Å². The highest BCUT2D eigenvalue weighted by molar-refractivity contribution is 6.26. The van der Waals surface area contributed by atoms with Crippen LogP contribution in [0, 0.1) is 17.7 Å². The Morgan fingerprint density at radius 1 is 1.56 bits per heavy atom. The summed E-state index contributed by atoms with van der Waals surface area (Å²) in [5.41, 5.74) is 0.274. The van der Waals surface area contributed by atoms with Crippen molar-refractivity contribution in [2.75, 3.05) is 5.88 Å². The van der Waals surface area contributed by atoms with Gasteiger partial charge in [-0.15, -0.1) is 11.6 Å². The standard InChI is InChI=1S/C12H10ClFO2/c1-9(16-12(15)8-13)6-7-10-4-2-3-5-11(10)14/h2-5,9H,8H2,1H3. The lowest BCUT2D eigenvalue weighted by atomic mass is 10.2. The van der Waals surface area contributed by atoms with E-state index in [0.29, 0.717) is 0 Å². The van der Waals surface area contributed by atoms with Gasteiger partial charge >= 0.3 is 5.97 Å². The summed E-state index contributed by atoms with van der Waals surface area (Å²) in [5.74, 6) is 4.05. The van der Waals surface area contributed by atoms with Gasteiger partial charge in [-0.25, -0.2) is 4.39 Å². The average Bonchev–Trinajstić information content (AvgIpc) is 2.28. The van der Waals surface area contributed by atoms with E-state index in [9.17, 15) is 9.18 Å². The lowest BCUT2D eigenvalue weighted by Gasteiger charge is -2.04. The van der Waals surface area contributed by atoms with Crippen molar-refractivity contribution in [1.82, 2.24) is 0 Å². The van der Waals surface area contributed by atoms with E-state index in [1.165, 1.54) is 6.07 Å². The SMILES string of the molecule is CC(C#Cc1ccccc1F)OC(=O)CCl. The number of halogens is 2. The third kappa shape index (κ3) is 3.92. The molecule has 84 valence electrons. The molecule has 0 heterocycles. The molecule has 0 N–H and O–H groups in total. The number of alkyl halides is 1. The molecule has 1 aromatic carbocycles. The third-order valence-corrected chi connectivity index (χ3v) is 1.92. The number of esters is 1. The van der Waals surface area contributed by atoms with Gasteiger partial charge in [0, 0.05) is 0 Å². The fourth-order valence-corrected chi connectivity index (χ4v) is 1.06. The minimum Gasteiger partial charge on any atom is -0.449 e. The van der Waals surface area contributed by atoms with Crippen LogP contribution >= 0.6 is 11.6 Å². The largest absolute Gasteiger partial charge is 0.449 e. The van der Waals surface area contributed by atoms with Gasteiger partial charge in [0.2, 0.25) is 0 Å². The molecule has 0 bridgehead atoms. The highest BCUT2D eigenvalue weighted by atomic mass is 35.5. The highest BCUT2D eigenvalue weighted by Crippen LogP contribution is 2.04. The van der Waals surface area contributed by atoms with Crippen molar-refractivity contribution in [3.63, 3.8) is 0 Å². The number of ether oxygens (including phenoxy) is 1. The lowest BCUT2D eigenvalue weighted by Crippen LogP contribution is -2.13. The number of carbonyl (C=O) groups is 1. The van der Waals surface area contributed by atoms with Crippen LogP contribution in [0.25, 0.3) is 0 Å². The van der Waals surface area contributed by atoms with Crippen LogP contribution in [-0.4, -0.2) is 18.0 Å². The predicted octanol–water partition coefficient (Wildman–Crippen LogP) is 2.35. The zero-order valence-corrected chi connectivity index (χ0v) is 9.42. The van der Waals surface area contributed by atoms with Crippen molar-refractivity contribution >= 4 is 17.6 Å². The fraction of sp³-hybridized carbons (Fsp3) is 0.250. The van der Waals surface area contributed by atoms with E-state index in [-0.39, 0.29) is 11.4 Å². The van der Waals surface area contributed by atoms with Crippen LogP contribution in [0.15, 0.2) is 24.3 Å². The number of rotatable bonds is 2. The van der Waals surface area contributed by atoms with E-state index < -0.39 is 17.9 Å². The molecule has 16 heavy (non-hydrogen) atoms. The van der Waals surface area contributed by atoms with E-state index >= 15 is 0 Å². The molecule has 0 aliphatic heterocycles. The Hall–Kier alpha value is -1.53. The van der Waals surface area contributed by atoms with E-state index in [2.05, 4.69) is 11.8 Å². The first-order valence-corrected chi connectivity index (χ1v) is 5.18. The van der Waals surface area contributed by atoms with E-state index in [0.717, 1.165) is 0 Å². The van der Waals surface area contributed by atoms with Crippen LogP contribution in [0.3, 0.4) is 0 Å². The Balaban J connectivity index is 2.67. The van der Waals surface area contributed by atoms with Crippen LogP contribution in [0.2, 0.25) is 0 Å². The number of hydrogen-bond donors (Lipinski definition) is 0. The quantitative estimate of drug-likeness (QED) is 0.451. The minimum absolute atomic E-state index is 0.217. The van der Waals surface area contributed by atoms with Gasteiger partial charge in [-0.05, 0) is 19.1 Å². The molecule has 0 saturated carbocycles. The summed E-state index contributed by atoms with van der Waals surface area (Å²) in [6.07, 6.45) is -0.606. The Morgan fingerprint density at radius 2 is 2.25 bits per heavy atom. The van der Waals surface area contributed by atoms with Crippen molar-refractivity contribution in [2.45, 2.75) is 13.0 Å². The summed E-state index contributed by atoms with van der Waals surface area (Å²) < 4.78 is 17.9. The van der Waals surface area contributed by atoms with E-state index in [4.69, 9.17) is 16.3 Å². The monoisotopic (exact) mass is 240 g/mol. The van der Waals surface area contributed by atoms with Gasteiger partial charge in [0.25, 0.3) is 0 Å². The van der Waals surface area contributed by atoms with Gasteiger partial charge in [0.15, 0.2) is 6.10 Å². The molecule has 1 aromatic rings. The summed E-state index contributed by atoms with van der Waals surface area (Å²) >= 11 is 5.26. The second-order valence-corrected chi connectivity index (χ2v) is 3.28. The second-order valence-electron chi connectivity index (χ2n) is 3.01. The summed E-state index contributed by atoms with van der Waals surface area (Å²) in [7, 11) is 0. The number of carbonyl (C=O) groups excluding carboxylic acids is 1. The molecule has 1 rings (SSSR count). The number of benzene rings is 1. The summed E-state index contributed by atoms with van der Waals surface area (Å²) in [5, 5.41) is 0. The Morgan fingerprint density at radius 3 is 2.88 bits per heavy atom. The Kier molecular flexibility index (Phi) is 4.81. The molecule has 1 atom stereocenters. The van der Waals surface area contributed by atoms with Gasteiger partial charge in [-0.2, -0.15) is 0 Å². The van der Waals surface area contributed by atoms with Gasteiger partial charge in [0.1, 0.15) is 11.7 Å². The Bertz CT molecular complexity index is 434. The first-order chi connectivity index (χ1) is 7.63. The maximum Gasteiger partial charge on any atom is 0.322 e. The highest BCUT2D eigenvalue weighted by Gasteiger charge is 2.04. The van der Waals surface area contributed by atoms with Crippen LogP contribution in [0.5, 0.6) is 0 Å². The van der Waals surface area contributed by atoms with Crippen molar-refractivity contribution in [1.29, 1.82) is 0 Å². The molecule has 0 radical (unpaired) electrons. The van der Waals surface area contributed by atoms with Crippen LogP contribution in [-0.2, 0) is 9.53 Å². The van der Waals surface area contributed by atoms with Crippen molar-refractivity contribution < 1.29 is 13.9 Å². The fourth-order valence-electron chi connectivity index (χ4n) is 1.00. The van der Waals surface area contributed by atoms with Crippen LogP contribution < -0.4 is 0 Å². The molecule has 1 unspecified atom stereocenters. The minimum atomic E-state index is -0.606. The molecule has 0 aliphatic carbocycles. The predicted molar refractivity (Wildman–Crippen MR) is 59.6 cm³/mol. The molecule has 0 aliphatic rings. The molecule has 0 saturated heterocycles. The Labute approximate surface area is 98.4 Å². The number of hydrogen-bond acceptors (Lipinski definition) is 2. The second kappa shape index (κ2) is 6.14. The van der Waals surface area contributed by atoms with E-state index in [1.807, 2.05) is 0 Å². The molecule has 0 aromatic heterocycles. The zero-order chi connectivity index (χ0) is 12.0. The maximum atomic E-state index is 13.1. The van der Waals surface area contributed by atoms with Gasteiger partial charge in [-0.1, -0.05) is 24.0 Å². The van der Waals surface area contributed by atoms with Crippen molar-refractivity contribution in [3.05, 3.63) is 35.6 Å². The molecule has 2 nitrogen and oxygen atoms in total. The van der Waals surface area contributed by atoms with Gasteiger partial charge < -0.3 is 4.74 Å². The van der Waals surface area contributed by atoms with Crippen molar-refractivity contribution in [2.24, 2.45) is 0 Å². The smallest absolute Gasteiger partial charge is 0.322 e. The summed E-state index contributed by atoms with van der Waals surface area (Å²) in [6, 6.07) is 6.14. The zero-order valence-electron chi connectivity index (χ0n) is 8.67. The summed E-state index contributed by atoms with van der Waals surface area (Å²) in [4.78, 5) is 10.8. The molecule has 0 fully saturated rings. The molecular weight excluding hydrogens is 231 g/mol. The van der Waals surface area contributed by atoms with Gasteiger partial charge in [0.05, 0.1) is 5.56 Å².